The van der Waals surface area contributed by atoms with E-state index in [4.69, 9.17) is 9.84 Å². The molecule has 0 fully saturated rings. The van der Waals surface area contributed by atoms with Gasteiger partial charge in [-0.05, 0) is 17.7 Å². The van der Waals surface area contributed by atoms with E-state index in [-0.39, 0.29) is 12.5 Å². The summed E-state index contributed by atoms with van der Waals surface area (Å²) in [5.74, 6) is -0.213. The number of hydrogen-bond donors (Lipinski definition) is 2. The molecule has 1 amide bonds. The van der Waals surface area contributed by atoms with Crippen LogP contribution >= 0.6 is 0 Å². The van der Waals surface area contributed by atoms with E-state index in [1.807, 2.05) is 18.2 Å². The molecule has 0 aromatic heterocycles. The topological polar surface area (TPSA) is 78.9 Å². The second-order valence-electron chi connectivity index (χ2n) is 4.35. The lowest BCUT2D eigenvalue weighted by molar-refractivity contribution is -0.136. The average Bonchev–Trinajstić information content (AvgIpc) is 2.50. The van der Waals surface area contributed by atoms with Gasteiger partial charge in [-0.3, -0.25) is 9.59 Å². The van der Waals surface area contributed by atoms with E-state index in [1.165, 1.54) is 0 Å². The molecule has 0 saturated heterocycles. The van der Waals surface area contributed by atoms with Crippen molar-refractivity contribution in [1.29, 1.82) is 0 Å². The number of benzene rings is 1. The van der Waals surface area contributed by atoms with E-state index in [2.05, 4.69) is 5.32 Å². The van der Waals surface area contributed by atoms with Gasteiger partial charge in [-0.25, -0.2) is 0 Å². The third-order valence-electron chi connectivity index (χ3n) is 2.94. The largest absolute Gasteiger partial charge is 0.491 e. The van der Waals surface area contributed by atoms with Crippen molar-refractivity contribution in [1.82, 2.24) is 5.32 Å². The molecule has 1 aromatic rings. The maximum atomic E-state index is 11.7. The van der Waals surface area contributed by atoms with Crippen LogP contribution < -0.4 is 15.0 Å². The zero-order valence-electron chi connectivity index (χ0n) is 10.7. The van der Waals surface area contributed by atoms with Crippen LogP contribution in [-0.2, 0) is 16.1 Å². The minimum Gasteiger partial charge on any atom is -0.491 e. The second-order valence-corrected chi connectivity index (χ2v) is 4.35. The van der Waals surface area contributed by atoms with E-state index in [1.54, 1.807) is 11.9 Å². The van der Waals surface area contributed by atoms with Gasteiger partial charge in [-0.1, -0.05) is 6.07 Å². The normalized spacial score (nSPS) is 14.6. The summed E-state index contributed by atoms with van der Waals surface area (Å²) in [5, 5.41) is 11.4. The number of ether oxygens (including phenoxy) is 1. The Bertz CT molecular complexity index is 501. The Balaban J connectivity index is 2.14. The number of amides is 1. The first kappa shape index (κ1) is 13.4. The Morgan fingerprint density at radius 1 is 1.53 bits per heavy atom. The van der Waals surface area contributed by atoms with Crippen molar-refractivity contribution in [2.24, 2.45) is 0 Å². The fourth-order valence-corrected chi connectivity index (χ4v) is 1.92. The first-order valence-electron chi connectivity index (χ1n) is 6.02. The molecule has 6 heteroatoms. The first-order valence-corrected chi connectivity index (χ1v) is 6.02. The summed E-state index contributed by atoms with van der Waals surface area (Å²) in [7, 11) is 1.71. The summed E-state index contributed by atoms with van der Waals surface area (Å²) < 4.78 is 5.51. The number of nitrogens with zero attached hydrogens (tertiary/aromatic N) is 1. The van der Waals surface area contributed by atoms with E-state index >= 15 is 0 Å². The number of nitrogens with one attached hydrogen (secondary N) is 1. The van der Waals surface area contributed by atoms with Crippen molar-refractivity contribution in [2.75, 3.05) is 25.1 Å². The van der Waals surface area contributed by atoms with Crippen molar-refractivity contribution >= 4 is 17.6 Å². The molecule has 6 nitrogen and oxygen atoms in total. The lowest BCUT2D eigenvalue weighted by Gasteiger charge is -2.17. The second kappa shape index (κ2) is 5.71. The molecule has 1 aliphatic heterocycles. The molecular weight excluding hydrogens is 248 g/mol. The summed E-state index contributed by atoms with van der Waals surface area (Å²) in [6, 6.07) is 5.51. The van der Waals surface area contributed by atoms with Gasteiger partial charge < -0.3 is 20.1 Å². The van der Waals surface area contributed by atoms with Crippen LogP contribution in [0.25, 0.3) is 0 Å². The first-order chi connectivity index (χ1) is 9.08. The number of aliphatic carboxylic acids is 1. The molecule has 0 aliphatic carbocycles. The van der Waals surface area contributed by atoms with Crippen LogP contribution in [-0.4, -0.2) is 37.2 Å². The number of carboxylic acid groups (broad SMARTS) is 1. The highest BCUT2D eigenvalue weighted by Crippen LogP contribution is 2.31. The van der Waals surface area contributed by atoms with E-state index in [9.17, 15) is 9.59 Å². The Labute approximate surface area is 111 Å². The van der Waals surface area contributed by atoms with Gasteiger partial charge in [0.25, 0.3) is 0 Å². The van der Waals surface area contributed by atoms with Gasteiger partial charge in [0.1, 0.15) is 5.75 Å². The van der Waals surface area contributed by atoms with Crippen molar-refractivity contribution in [3.05, 3.63) is 23.8 Å². The number of fused-ring (bicyclic) bond motifs is 1. The molecule has 0 atom stereocenters. The molecule has 1 aliphatic rings. The third-order valence-corrected chi connectivity index (χ3v) is 2.94. The van der Waals surface area contributed by atoms with Gasteiger partial charge in [0, 0.05) is 13.6 Å². The van der Waals surface area contributed by atoms with E-state index in [0.717, 1.165) is 11.3 Å². The molecule has 0 radical (unpaired) electrons. The van der Waals surface area contributed by atoms with E-state index in [0.29, 0.717) is 25.3 Å². The highest BCUT2D eigenvalue weighted by atomic mass is 16.5. The predicted octanol–water partition coefficient (Wildman–Crippen LogP) is 0.606. The predicted molar refractivity (Wildman–Crippen MR) is 69.3 cm³/mol. The van der Waals surface area contributed by atoms with Gasteiger partial charge in [0.15, 0.2) is 0 Å². The maximum Gasteiger partial charge on any atom is 0.317 e. The number of rotatable bonds is 4. The summed E-state index contributed by atoms with van der Waals surface area (Å²) >= 11 is 0. The highest BCUT2D eigenvalue weighted by molar-refractivity contribution is 5.95. The van der Waals surface area contributed by atoms with Crippen molar-refractivity contribution in [2.45, 2.75) is 13.0 Å². The number of carboxylic acids is 1. The molecule has 1 heterocycles. The van der Waals surface area contributed by atoms with E-state index < -0.39 is 5.97 Å². The van der Waals surface area contributed by atoms with Crippen LogP contribution in [0.4, 0.5) is 5.69 Å². The van der Waals surface area contributed by atoms with Crippen molar-refractivity contribution in [3.8, 4) is 5.75 Å². The Morgan fingerprint density at radius 2 is 2.32 bits per heavy atom. The minimum absolute atomic E-state index is 0.00870. The lowest BCUT2D eigenvalue weighted by atomic mass is 10.1. The van der Waals surface area contributed by atoms with Crippen molar-refractivity contribution < 1.29 is 19.4 Å². The van der Waals surface area contributed by atoms with Crippen LogP contribution in [0.3, 0.4) is 0 Å². The van der Waals surface area contributed by atoms with Crippen LogP contribution in [0.5, 0.6) is 5.75 Å². The molecule has 0 spiro atoms. The fraction of sp³-hybridized carbons (Fsp3) is 0.385. The van der Waals surface area contributed by atoms with Gasteiger partial charge >= 0.3 is 5.97 Å². The van der Waals surface area contributed by atoms with Crippen LogP contribution in [0.15, 0.2) is 18.2 Å². The Morgan fingerprint density at radius 3 is 3.05 bits per heavy atom. The summed E-state index contributed by atoms with van der Waals surface area (Å²) in [5.41, 5.74) is 1.63. The summed E-state index contributed by atoms with van der Waals surface area (Å²) in [6.45, 7) is 0.719. The molecule has 1 aromatic carbocycles. The van der Waals surface area contributed by atoms with Crippen LogP contribution in [0.1, 0.15) is 12.0 Å². The number of hydrogen-bond acceptors (Lipinski definition) is 4. The van der Waals surface area contributed by atoms with Gasteiger partial charge in [0.2, 0.25) is 5.91 Å². The Hall–Kier alpha value is -2.08. The minimum atomic E-state index is -0.898. The molecule has 2 N–H and O–H groups in total. The van der Waals surface area contributed by atoms with Gasteiger partial charge in [0.05, 0.1) is 25.3 Å². The monoisotopic (exact) mass is 264 g/mol. The molecule has 0 saturated carbocycles. The fourth-order valence-electron chi connectivity index (χ4n) is 1.92. The lowest BCUT2D eigenvalue weighted by Crippen LogP contribution is -2.25. The van der Waals surface area contributed by atoms with Gasteiger partial charge in [-0.15, -0.1) is 0 Å². The molecule has 0 unspecified atom stereocenters. The van der Waals surface area contributed by atoms with Crippen LogP contribution in [0, 0.1) is 0 Å². The maximum absolute atomic E-state index is 11.7. The van der Waals surface area contributed by atoms with Gasteiger partial charge in [-0.2, -0.15) is 0 Å². The quantitative estimate of drug-likeness (QED) is 0.833. The molecular formula is C13H16N2O4. The third kappa shape index (κ3) is 3.23. The number of carbonyl (C=O) groups excluding carboxylic acids is 1. The smallest absolute Gasteiger partial charge is 0.317 e. The zero-order valence-corrected chi connectivity index (χ0v) is 10.7. The average molecular weight is 264 g/mol. The summed E-state index contributed by atoms with van der Waals surface area (Å²) in [6.07, 6.45) is 0.359. The highest BCUT2D eigenvalue weighted by Gasteiger charge is 2.19. The molecule has 19 heavy (non-hydrogen) atoms. The molecule has 2 rings (SSSR count). The van der Waals surface area contributed by atoms with Crippen molar-refractivity contribution in [3.63, 3.8) is 0 Å². The summed E-state index contributed by atoms with van der Waals surface area (Å²) in [4.78, 5) is 23.7. The number of anilines is 1. The Kier molecular flexibility index (Phi) is 4.01. The molecule has 102 valence electrons. The zero-order chi connectivity index (χ0) is 13.8. The van der Waals surface area contributed by atoms with Crippen LogP contribution in [0.2, 0.25) is 0 Å². The molecule has 0 bridgehead atoms. The standard InChI is InChI=1S/C13H16N2O4/c1-15-10-6-9(7-14-8-13(17)18)2-3-11(10)19-5-4-12(15)16/h2-3,6,14H,4-5,7-8H2,1H3,(H,17,18). The SMILES string of the molecule is CN1C(=O)CCOc2ccc(CNCC(=O)O)cc21. The number of carbonyl (C=O) groups is 2.